The van der Waals surface area contributed by atoms with E-state index in [4.69, 9.17) is 31.0 Å². The fourth-order valence-corrected chi connectivity index (χ4v) is 4.56. The largest absolute Gasteiger partial charge is 0.481 e. The van der Waals surface area contributed by atoms with Gasteiger partial charge in [0.1, 0.15) is 18.2 Å². The monoisotopic (exact) mass is 512 g/mol. The molecule has 2 aromatic heterocycles. The minimum absolute atomic E-state index is 0.0200. The second-order valence-corrected chi connectivity index (χ2v) is 8.91. The van der Waals surface area contributed by atoms with Crippen LogP contribution >= 0.6 is 23.4 Å². The van der Waals surface area contributed by atoms with Gasteiger partial charge in [0.15, 0.2) is 0 Å². The molecule has 2 heterocycles. The average Bonchev–Trinajstić information content (AvgIpc) is 3.13. The molecule has 0 spiro atoms. The molecule has 0 bridgehead atoms. The Morgan fingerprint density at radius 2 is 1.84 bits per heavy atom. The topological polar surface area (TPSA) is 119 Å². The van der Waals surface area contributed by atoms with Crippen LogP contribution < -0.4 is 19.3 Å². The molecule has 0 saturated heterocycles. The predicted octanol–water partition coefficient (Wildman–Crippen LogP) is 3.40. The SMILES string of the molecule is COc1nc(-n2cc(S(N)(=O)=O)c3ccc(Cl)c(SC(F)F)c32)nc(OC)c1OCCF. The molecule has 9 nitrogen and oxygen atoms in total. The lowest BCUT2D eigenvalue weighted by atomic mass is 10.2. The molecule has 1 aromatic carbocycles. The van der Waals surface area contributed by atoms with Gasteiger partial charge in [-0.1, -0.05) is 23.4 Å². The number of nitrogens with zero attached hydrogens (tertiary/aromatic N) is 3. The maximum Gasteiger partial charge on any atom is 0.289 e. The molecular weight excluding hydrogens is 497 g/mol. The van der Waals surface area contributed by atoms with Gasteiger partial charge in [0, 0.05) is 11.6 Å². The van der Waals surface area contributed by atoms with Gasteiger partial charge in [-0.25, -0.2) is 17.9 Å². The minimum atomic E-state index is -4.27. The summed E-state index contributed by atoms with van der Waals surface area (Å²) in [6.45, 7) is -1.14. The minimum Gasteiger partial charge on any atom is -0.481 e. The summed E-state index contributed by atoms with van der Waals surface area (Å²) in [7, 11) is -1.76. The van der Waals surface area contributed by atoms with Crippen molar-refractivity contribution in [1.82, 2.24) is 14.5 Å². The number of methoxy groups -OCH3 is 2. The number of ether oxygens (including phenoxy) is 3. The van der Waals surface area contributed by atoms with Gasteiger partial charge in [0.2, 0.25) is 21.7 Å². The van der Waals surface area contributed by atoms with Gasteiger partial charge in [0.25, 0.3) is 17.5 Å². The van der Waals surface area contributed by atoms with Crippen LogP contribution in [0.5, 0.6) is 17.5 Å². The van der Waals surface area contributed by atoms with E-state index in [1.807, 2.05) is 0 Å². The van der Waals surface area contributed by atoms with Crippen molar-refractivity contribution in [2.75, 3.05) is 27.5 Å². The molecule has 0 fully saturated rings. The fourth-order valence-electron chi connectivity index (χ4n) is 2.87. The Bertz CT molecular complexity index is 1230. The summed E-state index contributed by atoms with van der Waals surface area (Å²) in [5.41, 5.74) is -0.0200. The van der Waals surface area contributed by atoms with Crippen LogP contribution in [0.2, 0.25) is 5.02 Å². The summed E-state index contributed by atoms with van der Waals surface area (Å²) < 4.78 is 80.1. The van der Waals surface area contributed by atoms with Gasteiger partial charge >= 0.3 is 0 Å². The Morgan fingerprint density at radius 1 is 1.22 bits per heavy atom. The van der Waals surface area contributed by atoms with Gasteiger partial charge in [-0.2, -0.15) is 18.7 Å². The molecule has 2 N–H and O–H groups in total. The Hall–Kier alpha value is -2.42. The van der Waals surface area contributed by atoms with Crippen molar-refractivity contribution in [3.63, 3.8) is 0 Å². The first-order valence-corrected chi connectivity index (χ1v) is 11.4. The zero-order chi connectivity index (χ0) is 23.6. The zero-order valence-electron chi connectivity index (χ0n) is 16.5. The van der Waals surface area contributed by atoms with Gasteiger partial charge in [0.05, 0.1) is 29.7 Å². The first kappa shape index (κ1) is 24.2. The number of hydrogen-bond donors (Lipinski definition) is 1. The molecule has 0 unspecified atom stereocenters. The molecule has 3 aromatic rings. The number of primary sulfonamides is 1. The molecule has 0 atom stereocenters. The van der Waals surface area contributed by atoms with E-state index in [2.05, 4.69) is 9.97 Å². The number of benzene rings is 1. The summed E-state index contributed by atoms with van der Waals surface area (Å²) in [4.78, 5) is 7.81. The number of rotatable bonds is 9. The normalized spacial score (nSPS) is 11.9. The van der Waals surface area contributed by atoms with Crippen molar-refractivity contribution in [3.8, 4) is 23.5 Å². The van der Waals surface area contributed by atoms with E-state index < -0.39 is 22.5 Å². The fraction of sp³-hybridized carbons (Fsp3) is 0.294. The first-order valence-electron chi connectivity index (χ1n) is 8.62. The van der Waals surface area contributed by atoms with Crippen LogP contribution in [0.3, 0.4) is 0 Å². The van der Waals surface area contributed by atoms with E-state index in [1.54, 1.807) is 0 Å². The Kier molecular flexibility index (Phi) is 7.27. The molecule has 0 aliphatic carbocycles. The van der Waals surface area contributed by atoms with Crippen molar-refractivity contribution in [1.29, 1.82) is 0 Å². The van der Waals surface area contributed by atoms with Crippen LogP contribution in [-0.2, 0) is 10.0 Å². The van der Waals surface area contributed by atoms with Gasteiger partial charge < -0.3 is 14.2 Å². The summed E-state index contributed by atoms with van der Waals surface area (Å²) in [5, 5.41) is 5.30. The number of thioether (sulfide) groups is 1. The van der Waals surface area contributed by atoms with E-state index >= 15 is 0 Å². The predicted molar refractivity (Wildman–Crippen MR) is 112 cm³/mol. The van der Waals surface area contributed by atoms with E-state index in [0.29, 0.717) is 0 Å². The zero-order valence-corrected chi connectivity index (χ0v) is 18.9. The van der Waals surface area contributed by atoms with Crippen molar-refractivity contribution in [3.05, 3.63) is 23.4 Å². The quantitative estimate of drug-likeness (QED) is 0.433. The summed E-state index contributed by atoms with van der Waals surface area (Å²) in [6.07, 6.45) is 1.07. The molecule has 174 valence electrons. The highest BCUT2D eigenvalue weighted by atomic mass is 35.5. The van der Waals surface area contributed by atoms with E-state index in [0.717, 1.165) is 10.8 Å². The third-order valence-electron chi connectivity index (χ3n) is 4.07. The van der Waals surface area contributed by atoms with Gasteiger partial charge in [-0.3, -0.25) is 4.57 Å². The molecule has 0 aliphatic heterocycles. The Balaban J connectivity index is 2.39. The number of aromatic nitrogens is 3. The van der Waals surface area contributed by atoms with Crippen molar-refractivity contribution >= 4 is 44.3 Å². The number of alkyl halides is 3. The number of fused-ring (bicyclic) bond motifs is 1. The number of nitrogens with two attached hydrogens (primary N) is 1. The first-order chi connectivity index (χ1) is 15.1. The van der Waals surface area contributed by atoms with Crippen LogP contribution in [-0.4, -0.2) is 56.2 Å². The van der Waals surface area contributed by atoms with E-state index in [-0.39, 0.29) is 67.5 Å². The van der Waals surface area contributed by atoms with Crippen molar-refractivity contribution in [2.24, 2.45) is 5.14 Å². The maximum atomic E-state index is 13.2. The number of sulfonamides is 1. The highest BCUT2D eigenvalue weighted by Gasteiger charge is 2.26. The average molecular weight is 513 g/mol. The molecule has 0 amide bonds. The van der Waals surface area contributed by atoms with Crippen molar-refractivity contribution in [2.45, 2.75) is 15.5 Å². The maximum absolute atomic E-state index is 13.2. The van der Waals surface area contributed by atoms with Gasteiger partial charge in [-0.05, 0) is 12.1 Å². The smallest absolute Gasteiger partial charge is 0.289 e. The van der Waals surface area contributed by atoms with E-state index in [1.165, 1.54) is 26.4 Å². The lowest BCUT2D eigenvalue weighted by molar-refractivity contribution is 0.240. The highest BCUT2D eigenvalue weighted by Crippen LogP contribution is 2.42. The molecule has 32 heavy (non-hydrogen) atoms. The Morgan fingerprint density at radius 3 is 2.34 bits per heavy atom. The second kappa shape index (κ2) is 9.60. The molecule has 15 heteroatoms. The van der Waals surface area contributed by atoms with Crippen LogP contribution in [0, 0.1) is 0 Å². The highest BCUT2D eigenvalue weighted by molar-refractivity contribution is 8.00. The lowest BCUT2D eigenvalue weighted by Gasteiger charge is -2.15. The van der Waals surface area contributed by atoms with Crippen LogP contribution in [0.4, 0.5) is 13.2 Å². The number of halogens is 4. The summed E-state index contributed by atoms with van der Waals surface area (Å²) >= 11 is 6.25. The lowest BCUT2D eigenvalue weighted by Crippen LogP contribution is -2.12. The third kappa shape index (κ3) is 4.67. The van der Waals surface area contributed by atoms with E-state index in [9.17, 15) is 21.6 Å². The molecular formula is C17H16ClF3N4O5S2. The summed E-state index contributed by atoms with van der Waals surface area (Å²) in [5.74, 6) is -3.50. The molecule has 0 aliphatic rings. The second-order valence-electron chi connectivity index (χ2n) is 5.97. The van der Waals surface area contributed by atoms with Crippen molar-refractivity contribution < 1.29 is 35.8 Å². The molecule has 0 saturated carbocycles. The number of hydrogen-bond acceptors (Lipinski definition) is 8. The van der Waals surface area contributed by atoms with Crippen LogP contribution in [0.15, 0.2) is 28.1 Å². The standard InChI is InChI=1S/C17H16ClF3N4O5S2/c1-28-14-12(30-6-5-19)15(29-2)24-17(23-14)25-7-10(32(22,26)27)8-3-4-9(18)13(11(8)25)31-16(20)21/h3-4,7,16H,5-6H2,1-2H3,(H2,22,26,27). The summed E-state index contributed by atoms with van der Waals surface area (Å²) in [6, 6.07) is 2.61. The third-order valence-corrected chi connectivity index (χ3v) is 6.26. The Labute approximate surface area is 189 Å². The molecule has 0 radical (unpaired) electrons. The van der Waals surface area contributed by atoms with Crippen LogP contribution in [0.25, 0.3) is 16.9 Å². The molecule has 3 rings (SSSR count). The van der Waals surface area contributed by atoms with Crippen LogP contribution in [0.1, 0.15) is 0 Å². The van der Waals surface area contributed by atoms with Gasteiger partial charge in [-0.15, -0.1) is 0 Å².